The Hall–Kier alpha value is -3.26. The third-order valence-electron chi connectivity index (χ3n) is 5.93. The van der Waals surface area contributed by atoms with Crippen LogP contribution in [-0.2, 0) is 11.2 Å². The van der Waals surface area contributed by atoms with Gasteiger partial charge in [0, 0.05) is 17.5 Å². The summed E-state index contributed by atoms with van der Waals surface area (Å²) in [5.41, 5.74) is 0.960. The molecule has 8 heteroatoms. The first-order valence-electron chi connectivity index (χ1n) is 11.1. The number of nitrogens with zero attached hydrogens (tertiary/aromatic N) is 2. The van der Waals surface area contributed by atoms with Crippen molar-refractivity contribution < 1.29 is 23.1 Å². The highest BCUT2D eigenvalue weighted by molar-refractivity contribution is 7.10. The zero-order valence-corrected chi connectivity index (χ0v) is 19.9. The maximum absolute atomic E-state index is 14.3. The van der Waals surface area contributed by atoms with Crippen LogP contribution < -0.4 is 4.74 Å². The number of benzene rings is 2. The number of hydrogen-bond donors (Lipinski definition) is 0. The molecule has 0 unspecified atom stereocenters. The summed E-state index contributed by atoms with van der Waals surface area (Å²) in [4.78, 5) is 30.8. The average Bonchev–Trinajstić information content (AvgIpc) is 3.31. The molecule has 34 heavy (non-hydrogen) atoms. The topological polar surface area (TPSA) is 49.9 Å². The van der Waals surface area contributed by atoms with Gasteiger partial charge in [-0.3, -0.25) is 9.59 Å². The van der Waals surface area contributed by atoms with Gasteiger partial charge in [-0.2, -0.15) is 0 Å². The molecule has 0 fully saturated rings. The monoisotopic (exact) mass is 484 g/mol. The zero-order valence-electron chi connectivity index (χ0n) is 19.0. The van der Waals surface area contributed by atoms with E-state index in [1.54, 1.807) is 48.3 Å². The highest BCUT2D eigenvalue weighted by Crippen LogP contribution is 2.34. The molecule has 4 rings (SSSR count). The summed E-state index contributed by atoms with van der Waals surface area (Å²) in [6, 6.07) is 12.9. The van der Waals surface area contributed by atoms with Crippen LogP contribution in [0.3, 0.4) is 0 Å². The highest BCUT2D eigenvalue weighted by atomic mass is 32.1. The summed E-state index contributed by atoms with van der Waals surface area (Å²) >= 11 is 1.64. The Kier molecular flexibility index (Phi) is 7.26. The molecule has 0 saturated carbocycles. The van der Waals surface area contributed by atoms with E-state index in [1.165, 1.54) is 40.1 Å². The van der Waals surface area contributed by atoms with Gasteiger partial charge in [0.2, 0.25) is 5.91 Å². The Bertz CT molecular complexity index is 1160. The van der Waals surface area contributed by atoms with Crippen LogP contribution in [-0.4, -0.2) is 47.4 Å². The van der Waals surface area contributed by atoms with Crippen molar-refractivity contribution >= 4 is 23.2 Å². The summed E-state index contributed by atoms with van der Waals surface area (Å²) in [7, 11) is 0. The zero-order chi connectivity index (χ0) is 24.2. The maximum Gasteiger partial charge on any atom is 0.257 e. The van der Waals surface area contributed by atoms with Gasteiger partial charge < -0.3 is 14.5 Å². The smallest absolute Gasteiger partial charge is 0.257 e. The van der Waals surface area contributed by atoms with Crippen LogP contribution in [0.2, 0.25) is 0 Å². The molecule has 1 aliphatic rings. The second-order valence-electron chi connectivity index (χ2n) is 8.42. The van der Waals surface area contributed by atoms with Crippen LogP contribution in [0.25, 0.3) is 0 Å². The van der Waals surface area contributed by atoms with Crippen molar-refractivity contribution in [2.45, 2.75) is 32.4 Å². The summed E-state index contributed by atoms with van der Waals surface area (Å²) in [5, 5.41) is 1.99. The Morgan fingerprint density at radius 2 is 1.85 bits per heavy atom. The van der Waals surface area contributed by atoms with Crippen LogP contribution in [0.1, 0.15) is 40.7 Å². The minimum absolute atomic E-state index is 0.0565. The molecule has 1 atom stereocenters. The lowest BCUT2D eigenvalue weighted by molar-refractivity contribution is -0.136. The number of thiophene rings is 1. The van der Waals surface area contributed by atoms with E-state index < -0.39 is 11.7 Å². The van der Waals surface area contributed by atoms with Crippen molar-refractivity contribution in [3.8, 4) is 5.75 Å². The molecule has 1 aliphatic heterocycles. The summed E-state index contributed by atoms with van der Waals surface area (Å²) in [6.45, 7) is 4.12. The Labute approximate surface area is 201 Å². The molecule has 5 nitrogen and oxygen atoms in total. The Morgan fingerprint density at radius 1 is 1.12 bits per heavy atom. The average molecular weight is 485 g/mol. The molecule has 0 N–H and O–H groups in total. The van der Waals surface area contributed by atoms with Crippen molar-refractivity contribution in [3.63, 3.8) is 0 Å². The quantitative estimate of drug-likeness (QED) is 0.470. The van der Waals surface area contributed by atoms with Crippen LogP contribution >= 0.6 is 11.3 Å². The number of ether oxygens (including phenoxy) is 1. The first kappa shape index (κ1) is 23.9. The molecule has 2 amide bonds. The molecule has 178 valence electrons. The van der Waals surface area contributed by atoms with Gasteiger partial charge in [0.25, 0.3) is 5.91 Å². The predicted octanol–water partition coefficient (Wildman–Crippen LogP) is 5.08. The van der Waals surface area contributed by atoms with Crippen molar-refractivity contribution in [2.24, 2.45) is 0 Å². The minimum Gasteiger partial charge on any atom is -0.491 e. The van der Waals surface area contributed by atoms with E-state index in [1.807, 2.05) is 11.4 Å². The Morgan fingerprint density at radius 3 is 2.56 bits per heavy atom. The van der Waals surface area contributed by atoms with Crippen LogP contribution in [0.5, 0.6) is 5.75 Å². The fraction of sp³-hybridized carbons (Fsp3) is 0.308. The summed E-state index contributed by atoms with van der Waals surface area (Å²) in [6.07, 6.45) is 0.717. The molecule has 2 heterocycles. The second kappa shape index (κ2) is 10.3. The molecule has 3 aromatic rings. The second-order valence-corrected chi connectivity index (χ2v) is 9.42. The van der Waals surface area contributed by atoms with Crippen LogP contribution in [0.4, 0.5) is 8.78 Å². The first-order chi connectivity index (χ1) is 16.3. The van der Waals surface area contributed by atoms with E-state index in [0.717, 1.165) is 5.56 Å². The highest BCUT2D eigenvalue weighted by Gasteiger charge is 2.34. The lowest BCUT2D eigenvalue weighted by Crippen LogP contribution is -2.49. The third kappa shape index (κ3) is 5.12. The number of fused-ring (bicyclic) bond motifs is 1. The van der Waals surface area contributed by atoms with Crippen molar-refractivity contribution in [1.82, 2.24) is 9.80 Å². The first-order valence-corrected chi connectivity index (χ1v) is 12.0. The number of carbonyl (C=O) groups is 2. The molecule has 0 radical (unpaired) electrons. The van der Waals surface area contributed by atoms with E-state index in [0.29, 0.717) is 18.7 Å². The molecule has 0 spiro atoms. The van der Waals surface area contributed by atoms with Crippen LogP contribution in [0.15, 0.2) is 60.0 Å². The molecule has 0 saturated heterocycles. The maximum atomic E-state index is 14.3. The molecular weight excluding hydrogens is 458 g/mol. The largest absolute Gasteiger partial charge is 0.491 e. The lowest BCUT2D eigenvalue weighted by Gasteiger charge is -2.37. The van der Waals surface area contributed by atoms with Gasteiger partial charge in [-0.05, 0) is 73.7 Å². The predicted molar refractivity (Wildman–Crippen MR) is 127 cm³/mol. The lowest BCUT2D eigenvalue weighted by atomic mass is 10.00. The van der Waals surface area contributed by atoms with Crippen molar-refractivity contribution in [1.29, 1.82) is 0 Å². The van der Waals surface area contributed by atoms with Gasteiger partial charge in [-0.15, -0.1) is 11.3 Å². The van der Waals surface area contributed by atoms with Gasteiger partial charge in [-0.1, -0.05) is 12.1 Å². The molecule has 1 aromatic heterocycles. The SMILES string of the molecule is CC(C)N(CC(=O)N1CCc2sccc2[C@@H]1COc1ccc(F)cc1)C(=O)c1ccccc1F. The van der Waals surface area contributed by atoms with Gasteiger partial charge in [0.05, 0.1) is 11.6 Å². The summed E-state index contributed by atoms with van der Waals surface area (Å²) < 4.78 is 33.4. The van der Waals surface area contributed by atoms with E-state index in [2.05, 4.69) is 0 Å². The summed E-state index contributed by atoms with van der Waals surface area (Å²) in [5.74, 6) is -1.21. The standard InChI is InChI=1S/C26H26F2N2O3S/c1-17(2)30(26(32)20-5-3-4-6-22(20)28)15-25(31)29-13-11-24-21(12-14-34-24)23(29)16-33-19-9-7-18(27)8-10-19/h3-10,12,14,17,23H,11,13,15-16H2,1-2H3/t23-/m0/s1. The van der Waals surface area contributed by atoms with E-state index in [4.69, 9.17) is 4.74 Å². The van der Waals surface area contributed by atoms with Crippen molar-refractivity contribution in [3.05, 3.63) is 87.6 Å². The number of hydrogen-bond acceptors (Lipinski definition) is 4. The number of amides is 2. The van der Waals surface area contributed by atoms with Gasteiger partial charge in [0.15, 0.2) is 0 Å². The van der Waals surface area contributed by atoms with E-state index >= 15 is 0 Å². The fourth-order valence-electron chi connectivity index (χ4n) is 4.10. The third-order valence-corrected chi connectivity index (χ3v) is 6.93. The van der Waals surface area contributed by atoms with Gasteiger partial charge >= 0.3 is 0 Å². The normalized spacial score (nSPS) is 15.2. The number of halogens is 2. The van der Waals surface area contributed by atoms with Gasteiger partial charge in [-0.25, -0.2) is 8.78 Å². The molecular formula is C26H26F2N2O3S. The van der Waals surface area contributed by atoms with E-state index in [-0.39, 0.29) is 42.5 Å². The molecule has 2 aromatic carbocycles. The van der Waals surface area contributed by atoms with Crippen LogP contribution in [0, 0.1) is 11.6 Å². The molecule has 0 bridgehead atoms. The fourth-order valence-corrected chi connectivity index (χ4v) is 5.02. The van der Waals surface area contributed by atoms with Gasteiger partial charge in [0.1, 0.15) is 30.5 Å². The number of rotatable bonds is 7. The Balaban J connectivity index is 1.54. The minimum atomic E-state index is -0.614. The number of carbonyl (C=O) groups excluding carboxylic acids is 2. The van der Waals surface area contributed by atoms with Crippen molar-refractivity contribution in [2.75, 3.05) is 19.7 Å². The van der Waals surface area contributed by atoms with E-state index in [9.17, 15) is 18.4 Å². The molecule has 0 aliphatic carbocycles.